The van der Waals surface area contributed by atoms with Crippen molar-refractivity contribution in [2.75, 3.05) is 13.7 Å². The van der Waals surface area contributed by atoms with E-state index in [1.807, 2.05) is 6.07 Å². The van der Waals surface area contributed by atoms with Crippen molar-refractivity contribution in [1.29, 1.82) is 0 Å². The second-order valence-electron chi connectivity index (χ2n) is 4.38. The molecule has 1 fully saturated rings. The summed E-state index contributed by atoms with van der Waals surface area (Å²) < 4.78 is 5.17. The topological polar surface area (TPSA) is 21.3 Å². The third-order valence-corrected chi connectivity index (χ3v) is 4.39. The summed E-state index contributed by atoms with van der Waals surface area (Å²) in [7, 11) is 1.72. The monoisotopic (exact) mass is 225 g/mol. The summed E-state index contributed by atoms with van der Waals surface area (Å²) in [6, 6.07) is 4.18. The zero-order valence-electron chi connectivity index (χ0n) is 9.51. The molecule has 1 aliphatic carbocycles. The summed E-state index contributed by atoms with van der Waals surface area (Å²) in [5.74, 6) is 0. The number of thiophene rings is 1. The maximum atomic E-state index is 5.17. The molecule has 0 aromatic carbocycles. The fourth-order valence-electron chi connectivity index (χ4n) is 1.85. The van der Waals surface area contributed by atoms with Crippen LogP contribution in [0.25, 0.3) is 0 Å². The summed E-state index contributed by atoms with van der Waals surface area (Å²) in [6.07, 6.45) is 4.13. The largest absolute Gasteiger partial charge is 0.487 e. The van der Waals surface area contributed by atoms with Crippen LogP contribution in [-0.2, 0) is 6.54 Å². The van der Waals surface area contributed by atoms with Crippen LogP contribution in [0.2, 0.25) is 0 Å². The van der Waals surface area contributed by atoms with Crippen LogP contribution in [-0.4, -0.2) is 13.7 Å². The normalized spacial score (nSPS) is 17.7. The minimum Gasteiger partial charge on any atom is -0.487 e. The van der Waals surface area contributed by atoms with Gasteiger partial charge in [-0.3, -0.25) is 0 Å². The van der Waals surface area contributed by atoms with Crippen molar-refractivity contribution in [2.45, 2.75) is 32.7 Å². The molecule has 0 amide bonds. The predicted molar refractivity (Wildman–Crippen MR) is 64.5 cm³/mol. The molecular weight excluding hydrogens is 206 g/mol. The number of rotatable bonds is 6. The first-order valence-corrected chi connectivity index (χ1v) is 6.43. The Bertz CT molecular complexity index is 317. The Morgan fingerprint density at radius 2 is 2.27 bits per heavy atom. The van der Waals surface area contributed by atoms with Gasteiger partial charge in [0.05, 0.1) is 7.11 Å². The lowest BCUT2D eigenvalue weighted by Gasteiger charge is -2.12. The van der Waals surface area contributed by atoms with Gasteiger partial charge in [-0.15, -0.1) is 11.3 Å². The zero-order chi connectivity index (χ0) is 10.7. The molecular formula is C12H19NOS. The van der Waals surface area contributed by atoms with Gasteiger partial charge < -0.3 is 10.1 Å². The molecule has 0 radical (unpaired) electrons. The van der Waals surface area contributed by atoms with E-state index in [9.17, 15) is 0 Å². The first-order valence-electron chi connectivity index (χ1n) is 5.61. The Balaban J connectivity index is 1.73. The highest BCUT2D eigenvalue weighted by Crippen LogP contribution is 2.47. The third kappa shape index (κ3) is 2.73. The average Bonchev–Trinajstić information content (AvgIpc) is 2.89. The van der Waals surface area contributed by atoms with Crippen LogP contribution in [0.3, 0.4) is 0 Å². The van der Waals surface area contributed by atoms with E-state index in [4.69, 9.17) is 4.74 Å². The fraction of sp³-hybridized carbons (Fsp3) is 0.667. The van der Waals surface area contributed by atoms with Gasteiger partial charge in [0.15, 0.2) is 5.06 Å². The van der Waals surface area contributed by atoms with E-state index < -0.39 is 0 Å². The van der Waals surface area contributed by atoms with Gasteiger partial charge in [0.25, 0.3) is 0 Å². The molecule has 1 saturated carbocycles. The van der Waals surface area contributed by atoms with Crippen molar-refractivity contribution in [3.05, 3.63) is 17.0 Å². The molecule has 0 aliphatic heterocycles. The molecule has 1 heterocycles. The van der Waals surface area contributed by atoms with Crippen molar-refractivity contribution in [3.8, 4) is 5.06 Å². The van der Waals surface area contributed by atoms with E-state index in [-0.39, 0.29) is 0 Å². The number of hydrogen-bond donors (Lipinski definition) is 1. The van der Waals surface area contributed by atoms with E-state index >= 15 is 0 Å². The summed E-state index contributed by atoms with van der Waals surface area (Å²) in [4.78, 5) is 1.36. The Morgan fingerprint density at radius 1 is 1.47 bits per heavy atom. The predicted octanol–water partition coefficient (Wildman–Crippen LogP) is 3.04. The van der Waals surface area contributed by atoms with Crippen molar-refractivity contribution >= 4 is 11.3 Å². The first-order chi connectivity index (χ1) is 7.28. The lowest BCUT2D eigenvalue weighted by atomic mass is 10.0. The number of hydrogen-bond acceptors (Lipinski definition) is 3. The van der Waals surface area contributed by atoms with Crippen molar-refractivity contribution in [2.24, 2.45) is 5.41 Å². The molecule has 0 atom stereocenters. The lowest BCUT2D eigenvalue weighted by molar-refractivity contribution is 0.427. The molecule has 1 aromatic rings. The van der Waals surface area contributed by atoms with Crippen LogP contribution in [0.5, 0.6) is 5.06 Å². The van der Waals surface area contributed by atoms with E-state index in [0.717, 1.165) is 11.6 Å². The minimum absolute atomic E-state index is 0.640. The van der Waals surface area contributed by atoms with Crippen molar-refractivity contribution in [3.63, 3.8) is 0 Å². The highest BCUT2D eigenvalue weighted by atomic mass is 32.1. The van der Waals surface area contributed by atoms with Gasteiger partial charge in [-0.1, -0.05) is 6.92 Å². The van der Waals surface area contributed by atoms with Crippen molar-refractivity contribution in [1.82, 2.24) is 5.32 Å². The highest BCUT2D eigenvalue weighted by molar-refractivity contribution is 7.13. The Hall–Kier alpha value is -0.540. The van der Waals surface area contributed by atoms with Crippen molar-refractivity contribution < 1.29 is 4.74 Å². The van der Waals surface area contributed by atoms with E-state index in [1.54, 1.807) is 18.4 Å². The molecule has 2 rings (SSSR count). The molecule has 2 nitrogen and oxygen atoms in total. The molecule has 0 spiro atoms. The van der Waals surface area contributed by atoms with Gasteiger partial charge in [0.1, 0.15) is 0 Å². The van der Waals surface area contributed by atoms with Gasteiger partial charge in [-0.25, -0.2) is 0 Å². The zero-order valence-corrected chi connectivity index (χ0v) is 10.3. The number of nitrogens with one attached hydrogen (secondary N) is 1. The highest BCUT2D eigenvalue weighted by Gasteiger charge is 2.39. The minimum atomic E-state index is 0.640. The maximum absolute atomic E-state index is 5.17. The first kappa shape index (κ1) is 11.0. The second-order valence-corrected chi connectivity index (χ2v) is 5.51. The molecule has 0 unspecified atom stereocenters. The molecule has 3 heteroatoms. The van der Waals surface area contributed by atoms with Crippen LogP contribution < -0.4 is 10.1 Å². The summed E-state index contributed by atoms with van der Waals surface area (Å²) in [5, 5.41) is 4.55. The molecule has 1 N–H and O–H groups in total. The van der Waals surface area contributed by atoms with Crippen LogP contribution in [0, 0.1) is 5.41 Å². The molecule has 1 aromatic heterocycles. The van der Waals surface area contributed by atoms with Gasteiger partial charge in [0, 0.05) is 18.0 Å². The SMILES string of the molecule is CCC1(CNCc2ccc(OC)s2)CC1. The van der Waals surface area contributed by atoms with Gasteiger partial charge in [-0.05, 0) is 36.8 Å². The average molecular weight is 225 g/mol. The third-order valence-electron chi connectivity index (χ3n) is 3.34. The second kappa shape index (κ2) is 4.54. The molecule has 15 heavy (non-hydrogen) atoms. The lowest BCUT2D eigenvalue weighted by Crippen LogP contribution is -2.22. The molecule has 0 bridgehead atoms. The smallest absolute Gasteiger partial charge is 0.173 e. The van der Waals surface area contributed by atoms with E-state index in [0.29, 0.717) is 5.41 Å². The quantitative estimate of drug-likeness (QED) is 0.803. The van der Waals surface area contributed by atoms with Crippen LogP contribution in [0.1, 0.15) is 31.1 Å². The van der Waals surface area contributed by atoms with Crippen LogP contribution >= 0.6 is 11.3 Å². The molecule has 1 aliphatic rings. The van der Waals surface area contributed by atoms with Gasteiger partial charge >= 0.3 is 0 Å². The maximum Gasteiger partial charge on any atom is 0.173 e. The van der Waals surface area contributed by atoms with Crippen LogP contribution in [0.15, 0.2) is 12.1 Å². The van der Waals surface area contributed by atoms with E-state index in [1.165, 1.54) is 30.7 Å². The van der Waals surface area contributed by atoms with Gasteiger partial charge in [-0.2, -0.15) is 0 Å². The molecule has 84 valence electrons. The van der Waals surface area contributed by atoms with E-state index in [2.05, 4.69) is 18.3 Å². The fourth-order valence-corrected chi connectivity index (χ4v) is 2.63. The standard InChI is InChI=1S/C12H19NOS/c1-3-12(6-7-12)9-13-8-10-4-5-11(14-2)15-10/h4-5,13H,3,6-9H2,1-2H3. The van der Waals surface area contributed by atoms with Gasteiger partial charge in [0.2, 0.25) is 0 Å². The molecule has 0 saturated heterocycles. The summed E-state index contributed by atoms with van der Waals surface area (Å²) in [5.41, 5.74) is 0.640. The Labute approximate surface area is 95.6 Å². The Morgan fingerprint density at radius 3 is 2.80 bits per heavy atom. The summed E-state index contributed by atoms with van der Waals surface area (Å²) in [6.45, 7) is 4.45. The van der Waals surface area contributed by atoms with Crippen LogP contribution in [0.4, 0.5) is 0 Å². The number of ether oxygens (including phenoxy) is 1. The summed E-state index contributed by atoms with van der Waals surface area (Å²) >= 11 is 1.73. The number of methoxy groups -OCH3 is 1. The Kier molecular flexibility index (Phi) is 3.32.